The maximum atomic E-state index is 5.01. The van der Waals surface area contributed by atoms with Crippen LogP contribution in [0.15, 0.2) is 109 Å². The average Bonchev–Trinajstić information content (AvgIpc) is 3.48. The fourth-order valence-electron chi connectivity index (χ4n) is 4.25. The van der Waals surface area contributed by atoms with Crippen LogP contribution in [-0.2, 0) is 0 Å². The summed E-state index contributed by atoms with van der Waals surface area (Å²) >= 11 is 0. The van der Waals surface area contributed by atoms with E-state index in [1.807, 2.05) is 28.9 Å². The summed E-state index contributed by atoms with van der Waals surface area (Å²) in [5, 5.41) is 8.76. The monoisotopic (exact) mass is 388 g/mol. The van der Waals surface area contributed by atoms with E-state index < -0.39 is 0 Å². The van der Waals surface area contributed by atoms with E-state index in [4.69, 9.17) is 5.10 Å². The molecule has 1 N–H and O–H groups in total. The summed E-state index contributed by atoms with van der Waals surface area (Å²) in [5.74, 6) is 0. The van der Waals surface area contributed by atoms with Gasteiger partial charge in [0.25, 0.3) is 0 Å². The molecular formula is C26H20N4. The summed E-state index contributed by atoms with van der Waals surface area (Å²) in [6.45, 7) is 0. The second kappa shape index (κ2) is 6.78. The van der Waals surface area contributed by atoms with Gasteiger partial charge in [-0.2, -0.15) is 5.10 Å². The fraction of sp³-hybridized carbons (Fsp3) is 0.0385. The van der Waals surface area contributed by atoms with Gasteiger partial charge in [0.05, 0.1) is 28.8 Å². The lowest BCUT2D eigenvalue weighted by atomic mass is 9.98. The van der Waals surface area contributed by atoms with Crippen LogP contribution in [0.2, 0.25) is 0 Å². The highest BCUT2D eigenvalue weighted by molar-refractivity contribution is 5.71. The smallest absolute Gasteiger partial charge is 0.0984 e. The maximum absolute atomic E-state index is 5.01. The molecule has 0 fully saturated rings. The molecule has 0 spiro atoms. The molecule has 3 heterocycles. The third-order valence-electron chi connectivity index (χ3n) is 5.66. The van der Waals surface area contributed by atoms with Crippen LogP contribution in [0.3, 0.4) is 0 Å². The van der Waals surface area contributed by atoms with Crippen molar-refractivity contribution in [2.24, 2.45) is 0 Å². The molecule has 0 amide bonds. The van der Waals surface area contributed by atoms with E-state index in [1.54, 1.807) is 0 Å². The Kier molecular flexibility index (Phi) is 3.81. The Balaban J connectivity index is 1.55. The highest BCUT2D eigenvalue weighted by Crippen LogP contribution is 2.40. The van der Waals surface area contributed by atoms with Gasteiger partial charge in [0.1, 0.15) is 0 Å². The minimum atomic E-state index is 0.00238. The first-order valence-electron chi connectivity index (χ1n) is 10.1. The van der Waals surface area contributed by atoms with E-state index in [-0.39, 0.29) is 6.04 Å². The maximum Gasteiger partial charge on any atom is 0.0984 e. The van der Waals surface area contributed by atoms with E-state index >= 15 is 0 Å². The average molecular weight is 388 g/mol. The van der Waals surface area contributed by atoms with E-state index in [2.05, 4.69) is 95.1 Å². The van der Waals surface area contributed by atoms with Gasteiger partial charge < -0.3 is 9.88 Å². The third-order valence-corrected chi connectivity index (χ3v) is 5.66. The van der Waals surface area contributed by atoms with E-state index in [0.29, 0.717) is 0 Å². The van der Waals surface area contributed by atoms with Crippen molar-refractivity contribution in [3.05, 3.63) is 121 Å². The lowest BCUT2D eigenvalue weighted by Crippen LogP contribution is -2.22. The molecule has 1 atom stereocenters. The Hall–Kier alpha value is -4.05. The first-order chi connectivity index (χ1) is 14.9. The molecule has 5 aromatic rings. The number of benzene rings is 3. The third kappa shape index (κ3) is 2.65. The van der Waals surface area contributed by atoms with Gasteiger partial charge in [0.15, 0.2) is 0 Å². The molecular weight excluding hydrogens is 368 g/mol. The molecule has 6 rings (SSSR count). The normalized spacial score (nSPS) is 14.6. The first kappa shape index (κ1) is 16.9. The highest BCUT2D eigenvalue weighted by Gasteiger charge is 2.29. The SMILES string of the molecule is c1ccc(-c2nn(-c3ccccc3)cc2C2Nc3ccccc3-n3cccc32)cc1. The Morgan fingerprint density at radius 2 is 1.47 bits per heavy atom. The largest absolute Gasteiger partial charge is 0.371 e. The molecule has 1 aliphatic heterocycles. The van der Waals surface area contributed by atoms with Crippen LogP contribution in [0.1, 0.15) is 17.3 Å². The Bertz CT molecular complexity index is 1320. The molecule has 4 nitrogen and oxygen atoms in total. The van der Waals surface area contributed by atoms with Crippen LogP contribution in [0.4, 0.5) is 5.69 Å². The van der Waals surface area contributed by atoms with Crippen LogP contribution in [0.5, 0.6) is 0 Å². The number of anilines is 1. The van der Waals surface area contributed by atoms with Crippen molar-refractivity contribution < 1.29 is 0 Å². The topological polar surface area (TPSA) is 34.8 Å². The number of aromatic nitrogens is 3. The number of nitrogens with one attached hydrogen (secondary N) is 1. The molecule has 30 heavy (non-hydrogen) atoms. The van der Waals surface area contributed by atoms with Crippen LogP contribution >= 0.6 is 0 Å². The molecule has 4 heteroatoms. The van der Waals surface area contributed by atoms with Gasteiger partial charge >= 0.3 is 0 Å². The standard InChI is InChI=1S/C26H20N4/c1-3-10-19(11-4-1)25-21(18-30(28-25)20-12-5-2-6-13-20)26-24-16-9-17-29(24)23-15-8-7-14-22(23)27-26/h1-18,26-27H. The van der Waals surface area contributed by atoms with E-state index in [1.165, 1.54) is 11.4 Å². The van der Waals surface area contributed by atoms with Crippen molar-refractivity contribution in [3.8, 4) is 22.6 Å². The molecule has 0 radical (unpaired) electrons. The zero-order valence-electron chi connectivity index (χ0n) is 16.3. The number of fused-ring (bicyclic) bond motifs is 3. The van der Waals surface area contributed by atoms with E-state index in [0.717, 1.165) is 28.2 Å². The van der Waals surface area contributed by atoms with Crippen molar-refractivity contribution in [2.75, 3.05) is 5.32 Å². The predicted molar refractivity (Wildman–Crippen MR) is 120 cm³/mol. The van der Waals surface area contributed by atoms with Crippen LogP contribution in [0.25, 0.3) is 22.6 Å². The lowest BCUT2D eigenvalue weighted by molar-refractivity contribution is 0.809. The molecule has 1 unspecified atom stereocenters. The summed E-state index contributed by atoms with van der Waals surface area (Å²) in [6, 6.07) is 33.4. The molecule has 1 aliphatic rings. The quantitative estimate of drug-likeness (QED) is 0.421. The van der Waals surface area contributed by atoms with Crippen LogP contribution in [0, 0.1) is 0 Å². The molecule has 0 saturated heterocycles. The summed E-state index contributed by atoms with van der Waals surface area (Å²) in [4.78, 5) is 0. The molecule has 0 bridgehead atoms. The summed E-state index contributed by atoms with van der Waals surface area (Å²) < 4.78 is 4.25. The van der Waals surface area contributed by atoms with Crippen molar-refractivity contribution in [2.45, 2.75) is 6.04 Å². The molecule has 0 saturated carbocycles. The second-order valence-corrected chi connectivity index (χ2v) is 7.48. The number of nitrogens with zero attached hydrogens (tertiary/aromatic N) is 3. The van der Waals surface area contributed by atoms with Gasteiger partial charge in [-0.05, 0) is 36.4 Å². The van der Waals surface area contributed by atoms with Crippen molar-refractivity contribution >= 4 is 5.69 Å². The van der Waals surface area contributed by atoms with Crippen LogP contribution < -0.4 is 5.32 Å². The van der Waals surface area contributed by atoms with Crippen molar-refractivity contribution in [1.29, 1.82) is 0 Å². The lowest BCUT2D eigenvalue weighted by Gasteiger charge is -2.29. The molecule has 2 aromatic heterocycles. The minimum Gasteiger partial charge on any atom is -0.371 e. The van der Waals surface area contributed by atoms with Gasteiger partial charge in [-0.3, -0.25) is 0 Å². The number of hydrogen-bond acceptors (Lipinski definition) is 2. The van der Waals surface area contributed by atoms with Crippen molar-refractivity contribution in [1.82, 2.24) is 14.3 Å². The number of hydrogen-bond donors (Lipinski definition) is 1. The zero-order chi connectivity index (χ0) is 19.9. The second-order valence-electron chi connectivity index (χ2n) is 7.48. The Labute approximate surface area is 175 Å². The fourth-order valence-corrected chi connectivity index (χ4v) is 4.25. The Morgan fingerprint density at radius 3 is 2.30 bits per heavy atom. The van der Waals surface area contributed by atoms with Gasteiger partial charge in [-0.25, -0.2) is 4.68 Å². The molecule has 144 valence electrons. The highest BCUT2D eigenvalue weighted by atomic mass is 15.3. The van der Waals surface area contributed by atoms with Crippen LogP contribution in [-0.4, -0.2) is 14.3 Å². The van der Waals surface area contributed by atoms with Gasteiger partial charge in [-0.1, -0.05) is 60.7 Å². The number of rotatable bonds is 3. The van der Waals surface area contributed by atoms with Gasteiger partial charge in [-0.15, -0.1) is 0 Å². The number of para-hydroxylation sites is 3. The molecule has 3 aromatic carbocycles. The summed E-state index contributed by atoms with van der Waals surface area (Å²) in [7, 11) is 0. The van der Waals surface area contributed by atoms with Crippen molar-refractivity contribution in [3.63, 3.8) is 0 Å². The first-order valence-corrected chi connectivity index (χ1v) is 10.1. The predicted octanol–water partition coefficient (Wildman–Crippen LogP) is 5.84. The van der Waals surface area contributed by atoms with Gasteiger partial charge in [0, 0.05) is 29.2 Å². The van der Waals surface area contributed by atoms with E-state index in [9.17, 15) is 0 Å². The zero-order valence-corrected chi connectivity index (χ0v) is 16.3. The Morgan fingerprint density at radius 1 is 0.733 bits per heavy atom. The molecule has 0 aliphatic carbocycles. The minimum absolute atomic E-state index is 0.00238. The van der Waals surface area contributed by atoms with Gasteiger partial charge in [0.2, 0.25) is 0 Å². The summed E-state index contributed by atoms with van der Waals surface area (Å²) in [5.41, 5.74) is 7.80. The summed E-state index contributed by atoms with van der Waals surface area (Å²) in [6.07, 6.45) is 4.28.